The molecule has 1 atom stereocenters. The van der Waals surface area contributed by atoms with Crippen molar-refractivity contribution in [3.63, 3.8) is 0 Å². The Kier molecular flexibility index (Phi) is 4.57. The number of nitrogens with zero attached hydrogens (tertiary/aromatic N) is 3. The molecule has 2 aromatic heterocycles. The minimum absolute atomic E-state index is 0.302. The van der Waals surface area contributed by atoms with Gasteiger partial charge < -0.3 is 14.8 Å². The number of anilines is 2. The van der Waals surface area contributed by atoms with Gasteiger partial charge in [0.25, 0.3) is 0 Å². The number of ether oxygens (including phenoxy) is 2. The first kappa shape index (κ1) is 18.6. The number of thiophene rings is 1. The van der Waals surface area contributed by atoms with Crippen molar-refractivity contribution < 1.29 is 13.9 Å². The fourth-order valence-electron chi connectivity index (χ4n) is 4.25. The van der Waals surface area contributed by atoms with Crippen molar-refractivity contribution in [2.24, 2.45) is 4.99 Å². The number of hydrogen-bond donors (Lipinski definition) is 1. The summed E-state index contributed by atoms with van der Waals surface area (Å²) in [5.41, 5.74) is 3.16. The molecule has 0 unspecified atom stereocenters. The van der Waals surface area contributed by atoms with Crippen molar-refractivity contribution in [2.45, 2.75) is 31.4 Å². The molecule has 2 aliphatic rings. The van der Waals surface area contributed by atoms with Crippen LogP contribution in [0.5, 0.6) is 0 Å². The van der Waals surface area contributed by atoms with E-state index in [9.17, 15) is 4.39 Å². The van der Waals surface area contributed by atoms with Crippen LogP contribution in [0.3, 0.4) is 0 Å². The van der Waals surface area contributed by atoms with E-state index in [4.69, 9.17) is 9.47 Å². The lowest BCUT2D eigenvalue weighted by Gasteiger charge is -2.35. The quantitative estimate of drug-likeness (QED) is 0.685. The third-order valence-electron chi connectivity index (χ3n) is 5.80. The number of benzene rings is 1. The van der Waals surface area contributed by atoms with Crippen LogP contribution in [0, 0.1) is 5.82 Å². The SMILES string of the molecule is COC[C@@]1(OC)CCc2c(sc3ncnc(Nc4cc5c(cc4F)CN=C5)c23)C1. The van der Waals surface area contributed by atoms with Crippen LogP contribution < -0.4 is 5.32 Å². The van der Waals surface area contributed by atoms with Gasteiger partial charge in [-0.15, -0.1) is 11.3 Å². The number of hydrogen-bond acceptors (Lipinski definition) is 7. The molecule has 0 saturated heterocycles. The van der Waals surface area contributed by atoms with Gasteiger partial charge >= 0.3 is 0 Å². The molecule has 6 nitrogen and oxygen atoms in total. The Morgan fingerprint density at radius 1 is 1.28 bits per heavy atom. The lowest BCUT2D eigenvalue weighted by Crippen LogP contribution is -2.41. The molecule has 1 aromatic carbocycles. The Morgan fingerprint density at radius 3 is 3.00 bits per heavy atom. The van der Waals surface area contributed by atoms with E-state index >= 15 is 0 Å². The van der Waals surface area contributed by atoms with Gasteiger partial charge in [-0.25, -0.2) is 14.4 Å². The third kappa shape index (κ3) is 3.11. The number of aryl methyl sites for hydroxylation is 1. The number of methoxy groups -OCH3 is 2. The van der Waals surface area contributed by atoms with Gasteiger partial charge in [-0.2, -0.15) is 0 Å². The predicted octanol–water partition coefficient (Wildman–Crippen LogP) is 4.03. The third-order valence-corrected chi connectivity index (χ3v) is 6.94. The van der Waals surface area contributed by atoms with Gasteiger partial charge in [-0.1, -0.05) is 0 Å². The van der Waals surface area contributed by atoms with Gasteiger partial charge in [0.2, 0.25) is 0 Å². The molecule has 1 aliphatic carbocycles. The largest absolute Gasteiger partial charge is 0.382 e. The highest BCUT2D eigenvalue weighted by molar-refractivity contribution is 7.19. The first-order chi connectivity index (χ1) is 14.1. The number of nitrogens with one attached hydrogen (secondary N) is 1. The number of halogens is 1. The summed E-state index contributed by atoms with van der Waals surface area (Å²) >= 11 is 1.65. The number of rotatable bonds is 5. The normalized spacial score (nSPS) is 20.1. The zero-order valence-corrected chi connectivity index (χ0v) is 17.1. The van der Waals surface area contributed by atoms with E-state index < -0.39 is 0 Å². The topological polar surface area (TPSA) is 68.6 Å². The molecule has 0 radical (unpaired) electrons. The van der Waals surface area contributed by atoms with Gasteiger partial charge in [0.1, 0.15) is 22.8 Å². The molecule has 0 bridgehead atoms. The van der Waals surface area contributed by atoms with Crippen molar-refractivity contribution in [3.05, 3.63) is 45.8 Å². The summed E-state index contributed by atoms with van der Waals surface area (Å²) in [5, 5.41) is 4.18. The van der Waals surface area contributed by atoms with Crippen LogP contribution in [-0.2, 0) is 28.9 Å². The van der Waals surface area contributed by atoms with Crippen molar-refractivity contribution in [1.82, 2.24) is 9.97 Å². The Labute approximate surface area is 171 Å². The van der Waals surface area contributed by atoms with E-state index in [1.807, 2.05) is 0 Å². The number of fused-ring (bicyclic) bond motifs is 4. The summed E-state index contributed by atoms with van der Waals surface area (Å²) in [7, 11) is 3.44. The molecule has 1 N–H and O–H groups in total. The van der Waals surface area contributed by atoms with Crippen LogP contribution in [0.2, 0.25) is 0 Å². The van der Waals surface area contributed by atoms with Crippen LogP contribution in [-0.4, -0.2) is 42.6 Å². The highest BCUT2D eigenvalue weighted by Gasteiger charge is 2.37. The molecule has 29 heavy (non-hydrogen) atoms. The zero-order valence-electron chi connectivity index (χ0n) is 16.3. The first-order valence-electron chi connectivity index (χ1n) is 9.51. The highest BCUT2D eigenvalue weighted by Crippen LogP contribution is 2.42. The first-order valence-corrected chi connectivity index (χ1v) is 10.3. The van der Waals surface area contributed by atoms with Gasteiger partial charge in [-0.05, 0) is 41.7 Å². The summed E-state index contributed by atoms with van der Waals surface area (Å²) < 4.78 is 25.9. The highest BCUT2D eigenvalue weighted by atomic mass is 32.1. The molecular formula is C21H21FN4O2S. The maximum absolute atomic E-state index is 14.6. The number of aromatic nitrogens is 2. The van der Waals surface area contributed by atoms with Crippen LogP contribution in [0.25, 0.3) is 10.2 Å². The molecule has 0 spiro atoms. The monoisotopic (exact) mass is 412 g/mol. The van der Waals surface area contributed by atoms with Crippen LogP contribution in [0.15, 0.2) is 23.5 Å². The summed E-state index contributed by atoms with van der Waals surface area (Å²) in [4.78, 5) is 15.3. The van der Waals surface area contributed by atoms with Gasteiger partial charge in [0.15, 0.2) is 0 Å². The molecule has 150 valence electrons. The predicted molar refractivity (Wildman–Crippen MR) is 112 cm³/mol. The van der Waals surface area contributed by atoms with E-state index in [0.717, 1.165) is 40.6 Å². The lowest BCUT2D eigenvalue weighted by molar-refractivity contribution is -0.0714. The maximum atomic E-state index is 14.6. The molecular weight excluding hydrogens is 391 g/mol. The minimum atomic E-state index is -0.310. The Hall–Kier alpha value is -2.42. The lowest BCUT2D eigenvalue weighted by atomic mass is 9.84. The summed E-state index contributed by atoms with van der Waals surface area (Å²) in [6.07, 6.45) is 5.78. The molecule has 8 heteroatoms. The minimum Gasteiger partial charge on any atom is -0.382 e. The second-order valence-corrected chi connectivity index (χ2v) is 8.61. The average Bonchev–Trinajstić information content (AvgIpc) is 3.32. The Balaban J connectivity index is 1.55. The van der Waals surface area contributed by atoms with E-state index in [-0.39, 0.29) is 11.4 Å². The van der Waals surface area contributed by atoms with E-state index in [2.05, 4.69) is 20.3 Å². The van der Waals surface area contributed by atoms with E-state index in [0.29, 0.717) is 24.7 Å². The number of aliphatic imine (C=N–C) groups is 1. The van der Waals surface area contributed by atoms with Crippen LogP contribution >= 0.6 is 11.3 Å². The Morgan fingerprint density at radius 2 is 2.17 bits per heavy atom. The molecule has 0 saturated carbocycles. The molecule has 3 heterocycles. The van der Waals surface area contributed by atoms with E-state index in [1.54, 1.807) is 43.9 Å². The summed E-state index contributed by atoms with van der Waals surface area (Å²) in [5.74, 6) is 0.335. The standard InChI is InChI=1S/C21H21FN4O2S/c1-27-10-21(28-2)4-3-14-17(7-21)29-20-18(14)19(24-11-25-20)26-16-6-13-9-23-8-12(13)5-15(16)22/h5-6,9,11H,3-4,7-8,10H2,1-2H3,(H,24,25,26)/t21-/m1/s1. The van der Waals surface area contributed by atoms with Crippen molar-refractivity contribution >= 4 is 39.3 Å². The fourth-order valence-corrected chi connectivity index (χ4v) is 5.56. The van der Waals surface area contributed by atoms with Gasteiger partial charge in [0, 0.05) is 31.7 Å². The van der Waals surface area contributed by atoms with Gasteiger partial charge in [0.05, 0.1) is 29.8 Å². The molecule has 5 rings (SSSR count). The second kappa shape index (κ2) is 7.12. The second-order valence-electron chi connectivity index (χ2n) is 7.53. The zero-order chi connectivity index (χ0) is 20.0. The van der Waals surface area contributed by atoms with Gasteiger partial charge in [-0.3, -0.25) is 4.99 Å². The van der Waals surface area contributed by atoms with Crippen molar-refractivity contribution in [1.29, 1.82) is 0 Å². The average molecular weight is 412 g/mol. The molecule has 3 aromatic rings. The molecule has 1 aliphatic heterocycles. The maximum Gasteiger partial charge on any atom is 0.147 e. The molecule has 0 fully saturated rings. The Bertz CT molecular complexity index is 1130. The smallest absolute Gasteiger partial charge is 0.147 e. The van der Waals surface area contributed by atoms with E-state index in [1.165, 1.54) is 16.8 Å². The van der Waals surface area contributed by atoms with Crippen LogP contribution in [0.1, 0.15) is 28.0 Å². The van der Waals surface area contributed by atoms with Crippen molar-refractivity contribution in [3.8, 4) is 0 Å². The summed E-state index contributed by atoms with van der Waals surface area (Å²) in [6.45, 7) is 1.08. The fraction of sp³-hybridized carbons (Fsp3) is 0.381. The molecule has 0 amide bonds. The van der Waals surface area contributed by atoms with Crippen molar-refractivity contribution in [2.75, 3.05) is 26.1 Å². The van der Waals surface area contributed by atoms with Crippen LogP contribution in [0.4, 0.5) is 15.9 Å². The summed E-state index contributed by atoms with van der Waals surface area (Å²) in [6, 6.07) is 3.34.